The van der Waals surface area contributed by atoms with Crippen LogP contribution in [0.5, 0.6) is 0 Å². The molecule has 1 N–H and O–H groups in total. The van der Waals surface area contributed by atoms with Crippen molar-refractivity contribution in [3.8, 4) is 0 Å². The fraction of sp³-hybridized carbons (Fsp3) is 0.500. The van der Waals surface area contributed by atoms with Crippen LogP contribution >= 0.6 is 0 Å². The summed E-state index contributed by atoms with van der Waals surface area (Å²) in [6.45, 7) is 4.16. The Bertz CT molecular complexity index is 643. The molecule has 25 heavy (non-hydrogen) atoms. The van der Waals surface area contributed by atoms with Crippen molar-refractivity contribution in [1.29, 1.82) is 0 Å². The van der Waals surface area contributed by atoms with Crippen molar-refractivity contribution in [2.75, 3.05) is 37.7 Å². The standard InChI is InChI=1S/C18H23N3O4/c1-13(18(24)20-7-9-25-10-8-20)19-17(23)14-11-16(22)21(12-14)15-5-3-2-4-6-15/h2-6,13-14H,7-12H2,1H3,(H,19,23). The molecular formula is C18H23N3O4. The number of carbonyl (C=O) groups excluding carboxylic acids is 3. The average Bonchev–Trinajstić information content (AvgIpc) is 3.04. The minimum absolute atomic E-state index is 0.0708. The maximum Gasteiger partial charge on any atom is 0.245 e. The minimum atomic E-state index is -0.605. The van der Waals surface area contributed by atoms with E-state index in [1.165, 1.54) is 0 Å². The molecule has 2 aliphatic heterocycles. The van der Waals surface area contributed by atoms with E-state index in [-0.39, 0.29) is 24.1 Å². The summed E-state index contributed by atoms with van der Waals surface area (Å²) in [6, 6.07) is 8.70. The van der Waals surface area contributed by atoms with Crippen LogP contribution in [0.3, 0.4) is 0 Å². The first-order valence-electron chi connectivity index (χ1n) is 8.58. The highest BCUT2D eigenvalue weighted by Crippen LogP contribution is 2.25. The summed E-state index contributed by atoms with van der Waals surface area (Å²) in [5.41, 5.74) is 0.792. The first-order chi connectivity index (χ1) is 12.1. The molecule has 0 aliphatic carbocycles. The van der Waals surface area contributed by atoms with Crippen molar-refractivity contribution < 1.29 is 19.1 Å². The molecule has 3 amide bonds. The van der Waals surface area contributed by atoms with Gasteiger partial charge < -0.3 is 19.9 Å². The second-order valence-electron chi connectivity index (χ2n) is 6.41. The molecular weight excluding hydrogens is 322 g/mol. The van der Waals surface area contributed by atoms with Crippen LogP contribution in [0.2, 0.25) is 0 Å². The Kier molecular flexibility index (Phi) is 5.33. The third kappa shape index (κ3) is 3.99. The normalized spacial score (nSPS) is 22.0. The molecule has 2 unspecified atom stereocenters. The number of carbonyl (C=O) groups is 3. The van der Waals surface area contributed by atoms with Gasteiger partial charge in [-0.1, -0.05) is 18.2 Å². The Morgan fingerprint density at radius 2 is 1.88 bits per heavy atom. The first kappa shape index (κ1) is 17.4. The first-order valence-corrected chi connectivity index (χ1v) is 8.58. The maximum absolute atomic E-state index is 12.5. The molecule has 2 atom stereocenters. The SMILES string of the molecule is CC(NC(=O)C1CC(=O)N(c2ccccc2)C1)C(=O)N1CCOCC1. The summed E-state index contributed by atoms with van der Waals surface area (Å²) in [5, 5.41) is 2.76. The zero-order chi connectivity index (χ0) is 17.8. The van der Waals surface area contributed by atoms with Crippen molar-refractivity contribution in [3.63, 3.8) is 0 Å². The van der Waals surface area contributed by atoms with Gasteiger partial charge in [-0.15, -0.1) is 0 Å². The molecule has 1 aromatic rings. The molecule has 0 aromatic heterocycles. The van der Waals surface area contributed by atoms with E-state index in [2.05, 4.69) is 5.32 Å². The van der Waals surface area contributed by atoms with Gasteiger partial charge in [-0.25, -0.2) is 0 Å². The van der Waals surface area contributed by atoms with Gasteiger partial charge in [-0.3, -0.25) is 14.4 Å². The van der Waals surface area contributed by atoms with Crippen molar-refractivity contribution in [1.82, 2.24) is 10.2 Å². The summed E-state index contributed by atoms with van der Waals surface area (Å²) in [7, 11) is 0. The van der Waals surface area contributed by atoms with Crippen LogP contribution < -0.4 is 10.2 Å². The van der Waals surface area contributed by atoms with E-state index < -0.39 is 12.0 Å². The third-order valence-electron chi connectivity index (χ3n) is 4.62. The summed E-state index contributed by atoms with van der Waals surface area (Å²) in [5.74, 6) is -0.868. The van der Waals surface area contributed by atoms with Crippen LogP contribution in [-0.4, -0.2) is 61.5 Å². The second-order valence-corrected chi connectivity index (χ2v) is 6.41. The number of ether oxygens (including phenoxy) is 1. The summed E-state index contributed by atoms with van der Waals surface area (Å²) < 4.78 is 5.23. The number of nitrogens with one attached hydrogen (secondary N) is 1. The number of benzene rings is 1. The van der Waals surface area contributed by atoms with Gasteiger partial charge in [0.1, 0.15) is 6.04 Å². The van der Waals surface area contributed by atoms with Gasteiger partial charge >= 0.3 is 0 Å². The van der Waals surface area contributed by atoms with Gasteiger partial charge in [0.05, 0.1) is 19.1 Å². The number of nitrogens with zero attached hydrogens (tertiary/aromatic N) is 2. The summed E-state index contributed by atoms with van der Waals surface area (Å²) in [4.78, 5) is 40.4. The molecule has 134 valence electrons. The predicted molar refractivity (Wildman–Crippen MR) is 91.9 cm³/mol. The zero-order valence-electron chi connectivity index (χ0n) is 14.3. The topological polar surface area (TPSA) is 79.0 Å². The number of hydrogen-bond donors (Lipinski definition) is 1. The van der Waals surface area contributed by atoms with Gasteiger partial charge in [0.25, 0.3) is 0 Å². The Morgan fingerprint density at radius 1 is 1.20 bits per heavy atom. The minimum Gasteiger partial charge on any atom is -0.378 e. The molecule has 2 fully saturated rings. The molecule has 0 spiro atoms. The monoisotopic (exact) mass is 345 g/mol. The van der Waals surface area contributed by atoms with Gasteiger partial charge in [-0.05, 0) is 19.1 Å². The molecule has 0 radical (unpaired) electrons. The van der Waals surface area contributed by atoms with Gasteiger partial charge in [-0.2, -0.15) is 0 Å². The molecule has 3 rings (SSSR count). The van der Waals surface area contributed by atoms with Crippen molar-refractivity contribution >= 4 is 23.4 Å². The number of rotatable bonds is 4. The highest BCUT2D eigenvalue weighted by Gasteiger charge is 2.36. The van der Waals surface area contributed by atoms with Gasteiger partial charge in [0, 0.05) is 31.7 Å². The van der Waals surface area contributed by atoms with Crippen molar-refractivity contribution in [3.05, 3.63) is 30.3 Å². The largest absolute Gasteiger partial charge is 0.378 e. The van der Waals surface area contributed by atoms with Crippen molar-refractivity contribution in [2.24, 2.45) is 5.92 Å². The van der Waals surface area contributed by atoms with Gasteiger partial charge in [0.15, 0.2) is 0 Å². The van der Waals surface area contributed by atoms with Crippen LogP contribution in [0.1, 0.15) is 13.3 Å². The molecule has 7 heteroatoms. The molecule has 2 heterocycles. The van der Waals surface area contributed by atoms with Gasteiger partial charge in [0.2, 0.25) is 17.7 Å². The Balaban J connectivity index is 1.56. The van der Waals surface area contributed by atoms with Crippen LogP contribution in [0.25, 0.3) is 0 Å². The van der Waals surface area contributed by atoms with E-state index in [1.807, 2.05) is 30.3 Å². The fourth-order valence-corrected chi connectivity index (χ4v) is 3.19. The maximum atomic E-state index is 12.5. The van der Waals surface area contributed by atoms with E-state index in [9.17, 15) is 14.4 Å². The highest BCUT2D eigenvalue weighted by atomic mass is 16.5. The predicted octanol–water partition coefficient (Wildman–Crippen LogP) is 0.403. The Labute approximate surface area is 146 Å². The molecule has 2 saturated heterocycles. The number of para-hydroxylation sites is 1. The Hall–Kier alpha value is -2.41. The van der Waals surface area contributed by atoms with E-state index in [4.69, 9.17) is 4.74 Å². The number of hydrogen-bond acceptors (Lipinski definition) is 4. The lowest BCUT2D eigenvalue weighted by molar-refractivity contribution is -0.140. The molecule has 1 aromatic carbocycles. The molecule has 7 nitrogen and oxygen atoms in total. The molecule has 0 bridgehead atoms. The van der Waals surface area contributed by atoms with Crippen molar-refractivity contribution in [2.45, 2.75) is 19.4 Å². The summed E-state index contributed by atoms with van der Waals surface area (Å²) >= 11 is 0. The fourth-order valence-electron chi connectivity index (χ4n) is 3.19. The lowest BCUT2D eigenvalue weighted by atomic mass is 10.1. The third-order valence-corrected chi connectivity index (χ3v) is 4.62. The average molecular weight is 345 g/mol. The molecule has 0 saturated carbocycles. The van der Waals surface area contributed by atoms with E-state index in [0.29, 0.717) is 32.8 Å². The Morgan fingerprint density at radius 3 is 2.56 bits per heavy atom. The summed E-state index contributed by atoms with van der Waals surface area (Å²) in [6.07, 6.45) is 0.166. The number of anilines is 1. The van der Waals surface area contributed by atoms with E-state index in [1.54, 1.807) is 16.7 Å². The van der Waals surface area contributed by atoms with Crippen LogP contribution in [0.15, 0.2) is 30.3 Å². The van der Waals surface area contributed by atoms with E-state index in [0.717, 1.165) is 5.69 Å². The van der Waals surface area contributed by atoms with Crippen LogP contribution in [0, 0.1) is 5.92 Å². The van der Waals surface area contributed by atoms with E-state index >= 15 is 0 Å². The zero-order valence-corrected chi connectivity index (χ0v) is 14.3. The highest BCUT2D eigenvalue weighted by molar-refractivity contribution is 6.01. The number of morpholine rings is 1. The van der Waals surface area contributed by atoms with Crippen LogP contribution in [-0.2, 0) is 19.1 Å². The quantitative estimate of drug-likeness (QED) is 0.857. The second kappa shape index (κ2) is 7.65. The lowest BCUT2D eigenvalue weighted by Gasteiger charge is -2.29. The van der Waals surface area contributed by atoms with Crippen LogP contribution in [0.4, 0.5) is 5.69 Å². The molecule has 2 aliphatic rings. The lowest BCUT2D eigenvalue weighted by Crippen LogP contribution is -2.51. The smallest absolute Gasteiger partial charge is 0.245 e. The number of amides is 3.